The van der Waals surface area contributed by atoms with E-state index in [1.807, 2.05) is 61.0 Å². The van der Waals surface area contributed by atoms with Gasteiger partial charge in [-0.25, -0.2) is 15.0 Å². The Morgan fingerprint density at radius 3 is 2.76 bits per heavy atom. The average molecular weight is 422 g/mol. The first-order valence-corrected chi connectivity index (χ1v) is 10.8. The number of rotatable bonds is 6. The van der Waals surface area contributed by atoms with Crippen LogP contribution < -0.4 is 10.6 Å². The van der Waals surface area contributed by atoms with Crippen molar-refractivity contribution < 1.29 is 4.79 Å². The molecule has 0 unspecified atom stereocenters. The maximum Gasteiger partial charge on any atom is 0.230 e. The van der Waals surface area contributed by atoms with Crippen molar-refractivity contribution in [2.75, 3.05) is 10.6 Å². The Bertz CT molecular complexity index is 1150. The van der Waals surface area contributed by atoms with Crippen LogP contribution in [0.5, 0.6) is 0 Å². The van der Waals surface area contributed by atoms with Crippen LogP contribution in [0.25, 0.3) is 11.3 Å². The second kappa shape index (κ2) is 8.50. The normalized spacial score (nSPS) is 10.7. The first-order chi connectivity index (χ1) is 14.0. The zero-order chi connectivity index (χ0) is 20.2. The lowest BCUT2D eigenvalue weighted by Gasteiger charge is -2.06. The van der Waals surface area contributed by atoms with Crippen molar-refractivity contribution >= 4 is 45.2 Å². The van der Waals surface area contributed by atoms with Crippen molar-refractivity contribution in [2.24, 2.45) is 0 Å². The first-order valence-electron chi connectivity index (χ1n) is 9.02. The van der Waals surface area contributed by atoms with E-state index in [0.29, 0.717) is 10.8 Å². The van der Waals surface area contributed by atoms with Crippen LogP contribution in [0.1, 0.15) is 16.3 Å². The number of pyridine rings is 1. The number of thiazole rings is 2. The van der Waals surface area contributed by atoms with E-state index in [1.165, 1.54) is 11.3 Å². The Morgan fingerprint density at radius 1 is 1.07 bits per heavy atom. The van der Waals surface area contributed by atoms with Crippen molar-refractivity contribution in [3.05, 3.63) is 69.6 Å². The molecule has 0 aliphatic rings. The number of benzene rings is 1. The standard InChI is InChI=1S/C21H19N5OS2/c1-13-6-7-22-19(8-13)26-21-25-17(11-29-21)10-20(27)24-16-5-3-4-15(9-16)18-12-28-14(2)23-18/h3-9,11-12H,10H2,1-2H3,(H,24,27)(H,22,25,26). The molecule has 0 bridgehead atoms. The summed E-state index contributed by atoms with van der Waals surface area (Å²) in [6, 6.07) is 11.6. The summed E-state index contributed by atoms with van der Waals surface area (Å²) in [6.45, 7) is 3.99. The monoisotopic (exact) mass is 421 g/mol. The lowest BCUT2D eigenvalue weighted by atomic mass is 10.1. The minimum atomic E-state index is -0.109. The van der Waals surface area contributed by atoms with E-state index in [0.717, 1.165) is 33.3 Å². The predicted octanol–water partition coefficient (Wildman–Crippen LogP) is 5.20. The zero-order valence-corrected chi connectivity index (χ0v) is 17.6. The molecule has 0 aliphatic carbocycles. The van der Waals surface area contributed by atoms with Gasteiger partial charge in [0.05, 0.1) is 22.8 Å². The van der Waals surface area contributed by atoms with Gasteiger partial charge in [0.2, 0.25) is 5.91 Å². The number of hydrogen-bond donors (Lipinski definition) is 2. The molecular formula is C21H19N5OS2. The Morgan fingerprint density at radius 2 is 1.97 bits per heavy atom. The highest BCUT2D eigenvalue weighted by Gasteiger charge is 2.10. The van der Waals surface area contributed by atoms with Gasteiger partial charge in [-0.1, -0.05) is 12.1 Å². The van der Waals surface area contributed by atoms with E-state index < -0.39 is 0 Å². The Labute approximate surface area is 176 Å². The molecule has 4 rings (SSSR count). The lowest BCUT2D eigenvalue weighted by Crippen LogP contribution is -2.14. The third kappa shape index (κ3) is 5.04. The maximum absolute atomic E-state index is 12.5. The van der Waals surface area contributed by atoms with Gasteiger partial charge in [0.15, 0.2) is 5.13 Å². The smallest absolute Gasteiger partial charge is 0.230 e. The van der Waals surface area contributed by atoms with Gasteiger partial charge in [-0.05, 0) is 43.7 Å². The highest BCUT2D eigenvalue weighted by Crippen LogP contribution is 2.25. The Hall–Kier alpha value is -3.10. The molecular weight excluding hydrogens is 402 g/mol. The van der Waals surface area contributed by atoms with E-state index in [4.69, 9.17) is 0 Å². The third-order valence-electron chi connectivity index (χ3n) is 4.10. The summed E-state index contributed by atoms with van der Waals surface area (Å²) < 4.78 is 0. The van der Waals surface area contributed by atoms with Crippen molar-refractivity contribution in [1.29, 1.82) is 0 Å². The summed E-state index contributed by atoms with van der Waals surface area (Å²) >= 11 is 3.06. The maximum atomic E-state index is 12.5. The molecule has 4 aromatic rings. The molecule has 3 aromatic heterocycles. The van der Waals surface area contributed by atoms with Crippen LogP contribution in [0, 0.1) is 13.8 Å². The van der Waals surface area contributed by atoms with E-state index in [9.17, 15) is 4.79 Å². The lowest BCUT2D eigenvalue weighted by molar-refractivity contribution is -0.115. The van der Waals surface area contributed by atoms with Crippen molar-refractivity contribution in [1.82, 2.24) is 15.0 Å². The second-order valence-electron chi connectivity index (χ2n) is 6.54. The fraction of sp³-hybridized carbons (Fsp3) is 0.143. The quantitative estimate of drug-likeness (QED) is 0.447. The molecule has 0 aliphatic heterocycles. The fourth-order valence-corrected chi connectivity index (χ4v) is 4.12. The molecule has 29 heavy (non-hydrogen) atoms. The minimum absolute atomic E-state index is 0.109. The number of anilines is 3. The zero-order valence-electron chi connectivity index (χ0n) is 16.0. The summed E-state index contributed by atoms with van der Waals surface area (Å²) in [5.74, 6) is 0.631. The number of nitrogens with one attached hydrogen (secondary N) is 2. The molecule has 0 atom stereocenters. The molecule has 6 nitrogen and oxygen atoms in total. The number of aromatic nitrogens is 3. The van der Waals surface area contributed by atoms with Crippen molar-refractivity contribution in [3.8, 4) is 11.3 Å². The highest BCUT2D eigenvalue weighted by molar-refractivity contribution is 7.13. The molecule has 3 heterocycles. The van der Waals surface area contributed by atoms with Gasteiger partial charge in [0.1, 0.15) is 5.82 Å². The molecule has 1 amide bonds. The molecule has 0 saturated heterocycles. The molecule has 146 valence electrons. The number of nitrogens with zero attached hydrogens (tertiary/aromatic N) is 3. The van der Waals surface area contributed by atoms with Crippen LogP contribution in [-0.2, 0) is 11.2 Å². The van der Waals surface area contributed by atoms with E-state index in [-0.39, 0.29) is 12.3 Å². The topological polar surface area (TPSA) is 79.8 Å². The summed E-state index contributed by atoms with van der Waals surface area (Å²) in [5, 5.41) is 11.7. The van der Waals surface area contributed by atoms with Crippen LogP contribution in [0.15, 0.2) is 53.4 Å². The second-order valence-corrected chi connectivity index (χ2v) is 8.47. The molecule has 0 saturated carbocycles. The number of hydrogen-bond acceptors (Lipinski definition) is 7. The molecule has 0 radical (unpaired) electrons. The average Bonchev–Trinajstić information content (AvgIpc) is 3.31. The number of carbonyl (C=O) groups excluding carboxylic acids is 1. The molecule has 1 aromatic carbocycles. The molecule has 0 fully saturated rings. The van der Waals surface area contributed by atoms with Crippen LogP contribution in [0.4, 0.5) is 16.6 Å². The van der Waals surface area contributed by atoms with Gasteiger partial charge in [0, 0.05) is 28.2 Å². The molecule has 8 heteroatoms. The summed E-state index contributed by atoms with van der Waals surface area (Å²) in [5.41, 5.74) is 4.49. The van der Waals surface area contributed by atoms with E-state index in [1.54, 1.807) is 17.5 Å². The van der Waals surface area contributed by atoms with Gasteiger partial charge in [0.25, 0.3) is 0 Å². The van der Waals surface area contributed by atoms with Crippen LogP contribution in [-0.4, -0.2) is 20.9 Å². The Kier molecular flexibility index (Phi) is 5.64. The largest absolute Gasteiger partial charge is 0.326 e. The first kappa shape index (κ1) is 19.2. The number of aryl methyl sites for hydroxylation is 2. The third-order valence-corrected chi connectivity index (χ3v) is 5.69. The summed E-state index contributed by atoms with van der Waals surface area (Å²) in [6.07, 6.45) is 1.96. The van der Waals surface area contributed by atoms with Gasteiger partial charge >= 0.3 is 0 Å². The van der Waals surface area contributed by atoms with Crippen molar-refractivity contribution in [2.45, 2.75) is 20.3 Å². The van der Waals surface area contributed by atoms with Crippen LogP contribution >= 0.6 is 22.7 Å². The fourth-order valence-electron chi connectivity index (χ4n) is 2.78. The van der Waals surface area contributed by atoms with E-state index in [2.05, 4.69) is 25.6 Å². The number of amides is 1. The van der Waals surface area contributed by atoms with E-state index >= 15 is 0 Å². The molecule has 2 N–H and O–H groups in total. The van der Waals surface area contributed by atoms with Gasteiger partial charge in [-0.3, -0.25) is 4.79 Å². The van der Waals surface area contributed by atoms with Gasteiger partial charge in [-0.15, -0.1) is 22.7 Å². The van der Waals surface area contributed by atoms with Gasteiger partial charge in [-0.2, -0.15) is 0 Å². The SMILES string of the molecule is Cc1ccnc(Nc2nc(CC(=O)Nc3cccc(-c4csc(C)n4)c3)cs2)c1. The van der Waals surface area contributed by atoms with Gasteiger partial charge < -0.3 is 10.6 Å². The highest BCUT2D eigenvalue weighted by atomic mass is 32.1. The summed E-state index contributed by atoms with van der Waals surface area (Å²) in [4.78, 5) is 25.7. The van der Waals surface area contributed by atoms with Crippen molar-refractivity contribution in [3.63, 3.8) is 0 Å². The summed E-state index contributed by atoms with van der Waals surface area (Å²) in [7, 11) is 0. The number of carbonyl (C=O) groups is 1. The van der Waals surface area contributed by atoms with Crippen LogP contribution in [0.2, 0.25) is 0 Å². The predicted molar refractivity (Wildman–Crippen MR) is 119 cm³/mol. The molecule has 0 spiro atoms. The van der Waals surface area contributed by atoms with Crippen LogP contribution in [0.3, 0.4) is 0 Å². The Balaban J connectivity index is 1.38. The minimum Gasteiger partial charge on any atom is -0.326 e.